The van der Waals surface area contributed by atoms with Crippen LogP contribution in [-0.4, -0.2) is 12.4 Å². The largest absolute Gasteiger partial charge is 0.496 e. The van der Waals surface area contributed by atoms with Gasteiger partial charge in [-0.3, -0.25) is 0 Å². The standard InChI is InChI=1S/C11H14Br2O/c1-8(5-6-12)9-3-4-11(14-2)10(13)7-9/h3-4,7-8H,5-6H2,1-2H3. The Kier molecular flexibility index (Phi) is 4.96. The molecule has 1 atom stereocenters. The summed E-state index contributed by atoms with van der Waals surface area (Å²) in [5, 5.41) is 1.04. The first-order valence-electron chi connectivity index (χ1n) is 4.58. The van der Waals surface area contributed by atoms with E-state index in [0.717, 1.165) is 22.0 Å². The van der Waals surface area contributed by atoms with Crippen molar-refractivity contribution in [2.24, 2.45) is 0 Å². The Morgan fingerprint density at radius 3 is 2.64 bits per heavy atom. The summed E-state index contributed by atoms with van der Waals surface area (Å²) in [6.45, 7) is 2.23. The Labute approximate surface area is 102 Å². The molecule has 1 aromatic carbocycles. The smallest absolute Gasteiger partial charge is 0.133 e. The van der Waals surface area contributed by atoms with Crippen LogP contribution in [0, 0.1) is 0 Å². The molecular weight excluding hydrogens is 308 g/mol. The van der Waals surface area contributed by atoms with Gasteiger partial charge in [0.2, 0.25) is 0 Å². The van der Waals surface area contributed by atoms with Crippen LogP contribution in [0.3, 0.4) is 0 Å². The molecule has 3 heteroatoms. The molecule has 0 aromatic heterocycles. The summed E-state index contributed by atoms with van der Waals surface area (Å²) in [7, 11) is 1.68. The van der Waals surface area contributed by atoms with E-state index >= 15 is 0 Å². The molecule has 0 fully saturated rings. The second-order valence-corrected chi connectivity index (χ2v) is 4.92. The molecule has 1 aromatic rings. The first-order valence-corrected chi connectivity index (χ1v) is 6.50. The summed E-state index contributed by atoms with van der Waals surface area (Å²) < 4.78 is 6.21. The number of halogens is 2. The molecule has 0 radical (unpaired) electrons. The van der Waals surface area contributed by atoms with Gasteiger partial charge in [-0.25, -0.2) is 0 Å². The quantitative estimate of drug-likeness (QED) is 0.749. The van der Waals surface area contributed by atoms with Gasteiger partial charge in [0, 0.05) is 5.33 Å². The van der Waals surface area contributed by atoms with Crippen molar-refractivity contribution in [3.63, 3.8) is 0 Å². The van der Waals surface area contributed by atoms with Gasteiger partial charge in [0.05, 0.1) is 11.6 Å². The molecule has 0 aliphatic rings. The van der Waals surface area contributed by atoms with Crippen LogP contribution in [0.1, 0.15) is 24.8 Å². The monoisotopic (exact) mass is 320 g/mol. The lowest BCUT2D eigenvalue weighted by Crippen LogP contribution is -1.95. The molecule has 0 saturated carbocycles. The highest BCUT2D eigenvalue weighted by Gasteiger charge is 2.07. The Morgan fingerprint density at radius 2 is 2.14 bits per heavy atom. The van der Waals surface area contributed by atoms with E-state index in [-0.39, 0.29) is 0 Å². The lowest BCUT2D eigenvalue weighted by Gasteiger charge is -2.12. The number of hydrogen-bond donors (Lipinski definition) is 0. The normalized spacial score (nSPS) is 12.6. The van der Waals surface area contributed by atoms with Gasteiger partial charge in [-0.15, -0.1) is 0 Å². The molecule has 0 spiro atoms. The Hall–Kier alpha value is -0.0200. The van der Waals surface area contributed by atoms with E-state index in [9.17, 15) is 0 Å². The van der Waals surface area contributed by atoms with Crippen molar-refractivity contribution in [1.82, 2.24) is 0 Å². The van der Waals surface area contributed by atoms with Crippen molar-refractivity contribution in [3.05, 3.63) is 28.2 Å². The average Bonchev–Trinajstić information content (AvgIpc) is 2.18. The van der Waals surface area contributed by atoms with Crippen LogP contribution < -0.4 is 4.74 Å². The number of rotatable bonds is 4. The average molecular weight is 322 g/mol. The summed E-state index contributed by atoms with van der Waals surface area (Å²) in [6.07, 6.45) is 1.15. The van der Waals surface area contributed by atoms with Crippen LogP contribution in [0.2, 0.25) is 0 Å². The fourth-order valence-electron chi connectivity index (χ4n) is 1.32. The molecule has 0 heterocycles. The van der Waals surface area contributed by atoms with Crippen LogP contribution in [0.15, 0.2) is 22.7 Å². The molecule has 0 amide bonds. The van der Waals surface area contributed by atoms with Crippen LogP contribution in [0.4, 0.5) is 0 Å². The van der Waals surface area contributed by atoms with Crippen LogP contribution in [0.25, 0.3) is 0 Å². The minimum absolute atomic E-state index is 0.580. The van der Waals surface area contributed by atoms with E-state index in [0.29, 0.717) is 5.92 Å². The highest BCUT2D eigenvalue weighted by atomic mass is 79.9. The maximum Gasteiger partial charge on any atom is 0.133 e. The summed E-state index contributed by atoms with van der Waals surface area (Å²) in [5.74, 6) is 1.47. The molecule has 14 heavy (non-hydrogen) atoms. The molecular formula is C11H14Br2O. The number of ether oxygens (including phenoxy) is 1. The van der Waals surface area contributed by atoms with Crippen molar-refractivity contribution in [3.8, 4) is 5.75 Å². The molecule has 1 unspecified atom stereocenters. The highest BCUT2D eigenvalue weighted by Crippen LogP contribution is 2.29. The second kappa shape index (κ2) is 5.76. The van der Waals surface area contributed by atoms with Crippen molar-refractivity contribution in [2.75, 3.05) is 12.4 Å². The van der Waals surface area contributed by atoms with Crippen molar-refractivity contribution < 1.29 is 4.74 Å². The lowest BCUT2D eigenvalue weighted by atomic mass is 9.99. The molecule has 0 N–H and O–H groups in total. The van der Waals surface area contributed by atoms with E-state index < -0.39 is 0 Å². The fraction of sp³-hybridized carbons (Fsp3) is 0.455. The third kappa shape index (κ3) is 2.99. The molecule has 0 aliphatic heterocycles. The van der Waals surface area contributed by atoms with Crippen LogP contribution in [-0.2, 0) is 0 Å². The van der Waals surface area contributed by atoms with Crippen molar-refractivity contribution in [1.29, 1.82) is 0 Å². The summed E-state index contributed by atoms with van der Waals surface area (Å²) >= 11 is 6.95. The molecule has 0 saturated heterocycles. The highest BCUT2D eigenvalue weighted by molar-refractivity contribution is 9.10. The van der Waals surface area contributed by atoms with Crippen molar-refractivity contribution >= 4 is 31.9 Å². The number of hydrogen-bond acceptors (Lipinski definition) is 1. The molecule has 0 aliphatic carbocycles. The number of alkyl halides is 1. The van der Waals surface area contributed by atoms with Gasteiger partial charge in [0.1, 0.15) is 5.75 Å². The molecule has 78 valence electrons. The van der Waals surface area contributed by atoms with Gasteiger partial charge in [0.15, 0.2) is 0 Å². The van der Waals surface area contributed by atoms with E-state index in [4.69, 9.17) is 4.74 Å². The van der Waals surface area contributed by atoms with E-state index in [1.807, 2.05) is 6.07 Å². The van der Waals surface area contributed by atoms with Crippen molar-refractivity contribution in [2.45, 2.75) is 19.3 Å². The predicted octanol–water partition coefficient (Wildman–Crippen LogP) is 4.35. The number of methoxy groups -OCH3 is 1. The molecule has 1 nitrogen and oxygen atoms in total. The first kappa shape index (κ1) is 12.1. The van der Waals surface area contributed by atoms with Gasteiger partial charge in [-0.2, -0.15) is 0 Å². The van der Waals surface area contributed by atoms with Gasteiger partial charge in [-0.1, -0.05) is 28.9 Å². The minimum atomic E-state index is 0.580. The van der Waals surface area contributed by atoms with E-state index in [1.165, 1.54) is 5.56 Å². The van der Waals surface area contributed by atoms with Gasteiger partial charge >= 0.3 is 0 Å². The van der Waals surface area contributed by atoms with E-state index in [2.05, 4.69) is 50.9 Å². The maximum absolute atomic E-state index is 5.18. The zero-order valence-electron chi connectivity index (χ0n) is 8.39. The van der Waals surface area contributed by atoms with Crippen LogP contribution in [0.5, 0.6) is 5.75 Å². The molecule has 1 rings (SSSR count). The third-order valence-corrected chi connectivity index (χ3v) is 3.36. The fourth-order valence-corrected chi connectivity index (χ4v) is 2.56. The second-order valence-electron chi connectivity index (χ2n) is 3.27. The van der Waals surface area contributed by atoms with Gasteiger partial charge in [-0.05, 0) is 46.0 Å². The SMILES string of the molecule is COc1ccc(C(C)CCBr)cc1Br. The zero-order valence-corrected chi connectivity index (χ0v) is 11.6. The number of benzene rings is 1. The maximum atomic E-state index is 5.18. The third-order valence-electron chi connectivity index (χ3n) is 2.29. The first-order chi connectivity index (χ1) is 6.69. The van der Waals surface area contributed by atoms with Gasteiger partial charge < -0.3 is 4.74 Å². The van der Waals surface area contributed by atoms with Crippen LogP contribution >= 0.6 is 31.9 Å². The summed E-state index contributed by atoms with van der Waals surface area (Å²) in [4.78, 5) is 0. The minimum Gasteiger partial charge on any atom is -0.496 e. The predicted molar refractivity (Wildman–Crippen MR) is 67.5 cm³/mol. The zero-order chi connectivity index (χ0) is 10.6. The Balaban J connectivity index is 2.85. The van der Waals surface area contributed by atoms with Gasteiger partial charge in [0.25, 0.3) is 0 Å². The lowest BCUT2D eigenvalue weighted by molar-refractivity contribution is 0.412. The molecule has 0 bridgehead atoms. The summed E-state index contributed by atoms with van der Waals surface area (Å²) in [6, 6.07) is 6.26. The Bertz CT molecular complexity index is 299. The Morgan fingerprint density at radius 1 is 1.43 bits per heavy atom. The topological polar surface area (TPSA) is 9.23 Å². The summed E-state index contributed by atoms with van der Waals surface area (Å²) in [5.41, 5.74) is 1.34. The van der Waals surface area contributed by atoms with E-state index in [1.54, 1.807) is 7.11 Å².